The van der Waals surface area contributed by atoms with Crippen molar-refractivity contribution in [1.29, 1.82) is 0 Å². The summed E-state index contributed by atoms with van der Waals surface area (Å²) >= 11 is 8.15. The molecule has 0 radical (unpaired) electrons. The number of esters is 1. The number of benzene rings is 1. The quantitative estimate of drug-likeness (QED) is 0.443. The van der Waals surface area contributed by atoms with Gasteiger partial charge in [0.25, 0.3) is 5.91 Å². The SMILES string of the molecule is COC(=O)CSc1nnc(NC(=O)C(C)Oc2ccc(Cl)cc2)s1. The molecule has 0 saturated carbocycles. The van der Waals surface area contributed by atoms with Gasteiger partial charge in [-0.3, -0.25) is 14.9 Å². The summed E-state index contributed by atoms with van der Waals surface area (Å²) in [7, 11) is 1.32. The van der Waals surface area contributed by atoms with Crippen LogP contribution in [0.25, 0.3) is 0 Å². The first kappa shape index (κ1) is 18.5. The van der Waals surface area contributed by atoms with Crippen LogP contribution in [0.3, 0.4) is 0 Å². The van der Waals surface area contributed by atoms with Crippen LogP contribution in [0.4, 0.5) is 5.13 Å². The van der Waals surface area contributed by atoms with E-state index in [-0.39, 0.29) is 17.6 Å². The molecule has 128 valence electrons. The predicted octanol–water partition coefficient (Wildman–Crippen LogP) is 2.86. The minimum Gasteiger partial charge on any atom is -0.481 e. The Bertz CT molecular complexity index is 708. The Morgan fingerprint density at radius 2 is 2.04 bits per heavy atom. The van der Waals surface area contributed by atoms with Crippen molar-refractivity contribution < 1.29 is 19.1 Å². The Morgan fingerprint density at radius 3 is 2.71 bits per heavy atom. The number of hydrogen-bond acceptors (Lipinski definition) is 8. The average Bonchev–Trinajstić information content (AvgIpc) is 3.02. The Labute approximate surface area is 151 Å². The highest BCUT2D eigenvalue weighted by Crippen LogP contribution is 2.25. The number of thioether (sulfide) groups is 1. The van der Waals surface area contributed by atoms with Crippen LogP contribution < -0.4 is 10.1 Å². The lowest BCUT2D eigenvalue weighted by Gasteiger charge is -2.13. The van der Waals surface area contributed by atoms with Gasteiger partial charge >= 0.3 is 5.97 Å². The summed E-state index contributed by atoms with van der Waals surface area (Å²) in [5, 5.41) is 11.3. The maximum atomic E-state index is 12.1. The van der Waals surface area contributed by atoms with Gasteiger partial charge in [-0.25, -0.2) is 0 Å². The Hall–Kier alpha value is -1.84. The van der Waals surface area contributed by atoms with Crippen molar-refractivity contribution in [2.45, 2.75) is 17.4 Å². The molecule has 1 aromatic carbocycles. The van der Waals surface area contributed by atoms with Crippen molar-refractivity contribution in [3.05, 3.63) is 29.3 Å². The first-order chi connectivity index (χ1) is 11.5. The Balaban J connectivity index is 1.86. The molecule has 2 rings (SSSR count). The zero-order valence-electron chi connectivity index (χ0n) is 12.8. The molecule has 7 nitrogen and oxygen atoms in total. The number of amides is 1. The number of nitrogens with zero attached hydrogens (tertiary/aromatic N) is 2. The summed E-state index contributed by atoms with van der Waals surface area (Å²) in [6.45, 7) is 1.62. The molecule has 0 fully saturated rings. The van der Waals surface area contributed by atoms with Gasteiger partial charge in [-0.05, 0) is 31.2 Å². The third-order valence-electron chi connectivity index (χ3n) is 2.67. The molecule has 1 amide bonds. The van der Waals surface area contributed by atoms with Gasteiger partial charge in [-0.1, -0.05) is 34.7 Å². The second-order valence-electron chi connectivity index (χ2n) is 4.44. The van der Waals surface area contributed by atoms with Gasteiger partial charge in [0.05, 0.1) is 12.9 Å². The van der Waals surface area contributed by atoms with Crippen LogP contribution >= 0.6 is 34.7 Å². The van der Waals surface area contributed by atoms with Crippen molar-refractivity contribution in [2.75, 3.05) is 18.2 Å². The number of nitrogens with one attached hydrogen (secondary N) is 1. The van der Waals surface area contributed by atoms with Gasteiger partial charge in [0.1, 0.15) is 5.75 Å². The lowest BCUT2D eigenvalue weighted by atomic mass is 10.3. The molecule has 0 bridgehead atoms. The first-order valence-electron chi connectivity index (χ1n) is 6.74. The predicted molar refractivity (Wildman–Crippen MR) is 92.8 cm³/mol. The third kappa shape index (κ3) is 5.66. The van der Waals surface area contributed by atoms with E-state index < -0.39 is 6.10 Å². The molecule has 1 atom stereocenters. The van der Waals surface area contributed by atoms with Crippen molar-refractivity contribution in [1.82, 2.24) is 10.2 Å². The van der Waals surface area contributed by atoms with E-state index in [9.17, 15) is 9.59 Å². The number of rotatable bonds is 7. The monoisotopic (exact) mass is 387 g/mol. The van der Waals surface area contributed by atoms with E-state index in [1.165, 1.54) is 30.2 Å². The van der Waals surface area contributed by atoms with Crippen molar-refractivity contribution in [3.63, 3.8) is 0 Å². The van der Waals surface area contributed by atoms with E-state index in [4.69, 9.17) is 16.3 Å². The molecule has 24 heavy (non-hydrogen) atoms. The Kier molecular flexibility index (Phi) is 6.83. The number of carbonyl (C=O) groups is 2. The van der Waals surface area contributed by atoms with Gasteiger partial charge in [-0.15, -0.1) is 10.2 Å². The molecule has 10 heteroatoms. The molecule has 0 spiro atoms. The van der Waals surface area contributed by atoms with E-state index in [1.54, 1.807) is 31.2 Å². The normalized spacial score (nSPS) is 11.6. The molecule has 0 aliphatic carbocycles. The Morgan fingerprint density at radius 1 is 1.33 bits per heavy atom. The first-order valence-corrected chi connectivity index (χ1v) is 8.92. The number of anilines is 1. The van der Waals surface area contributed by atoms with Gasteiger partial charge in [-0.2, -0.15) is 0 Å². The molecule has 1 N–H and O–H groups in total. The maximum absolute atomic E-state index is 12.1. The number of halogens is 1. The zero-order valence-corrected chi connectivity index (χ0v) is 15.2. The highest BCUT2D eigenvalue weighted by molar-refractivity contribution is 8.01. The largest absolute Gasteiger partial charge is 0.481 e. The molecule has 0 aliphatic rings. The summed E-state index contributed by atoms with van der Waals surface area (Å²) in [6.07, 6.45) is -0.721. The number of hydrogen-bond donors (Lipinski definition) is 1. The van der Waals surface area contributed by atoms with E-state index in [2.05, 4.69) is 20.3 Å². The van der Waals surface area contributed by atoms with Crippen LogP contribution in [0.2, 0.25) is 5.02 Å². The van der Waals surface area contributed by atoms with Crippen molar-refractivity contribution in [2.24, 2.45) is 0 Å². The molecule has 1 unspecified atom stereocenters. The summed E-state index contributed by atoms with van der Waals surface area (Å²) in [5.41, 5.74) is 0. The molecule has 0 saturated heterocycles. The van der Waals surface area contributed by atoms with Gasteiger partial charge in [0, 0.05) is 5.02 Å². The lowest BCUT2D eigenvalue weighted by Crippen LogP contribution is -2.30. The lowest BCUT2D eigenvalue weighted by molar-refractivity contribution is -0.137. The molecule has 0 aliphatic heterocycles. The third-order valence-corrected chi connectivity index (χ3v) is 4.87. The maximum Gasteiger partial charge on any atom is 0.316 e. The number of carbonyl (C=O) groups excluding carboxylic acids is 2. The van der Waals surface area contributed by atoms with Crippen LogP contribution in [0.1, 0.15) is 6.92 Å². The van der Waals surface area contributed by atoms with E-state index in [0.717, 1.165) is 0 Å². The topological polar surface area (TPSA) is 90.4 Å². The molecule has 1 aromatic heterocycles. The van der Waals surface area contributed by atoms with Crippen molar-refractivity contribution in [3.8, 4) is 5.75 Å². The second-order valence-corrected chi connectivity index (χ2v) is 7.08. The smallest absolute Gasteiger partial charge is 0.316 e. The van der Waals surface area contributed by atoms with Crippen LogP contribution in [0, 0.1) is 0 Å². The second kappa shape index (κ2) is 8.86. The number of ether oxygens (including phenoxy) is 2. The highest BCUT2D eigenvalue weighted by atomic mass is 35.5. The fourth-order valence-corrected chi connectivity index (χ4v) is 3.19. The summed E-state index contributed by atoms with van der Waals surface area (Å²) in [4.78, 5) is 23.2. The summed E-state index contributed by atoms with van der Waals surface area (Å²) in [6, 6.07) is 6.71. The molecule has 1 heterocycles. The fraction of sp³-hybridized carbons (Fsp3) is 0.286. The minimum absolute atomic E-state index is 0.134. The highest BCUT2D eigenvalue weighted by Gasteiger charge is 2.17. The van der Waals surface area contributed by atoms with E-state index in [0.29, 0.717) is 20.2 Å². The minimum atomic E-state index is -0.721. The summed E-state index contributed by atoms with van der Waals surface area (Å²) < 4.78 is 10.6. The van der Waals surface area contributed by atoms with Crippen molar-refractivity contribution >= 4 is 51.7 Å². The molecule has 2 aromatic rings. The summed E-state index contributed by atoms with van der Waals surface area (Å²) in [5.74, 6) is -0.0418. The standard InChI is InChI=1S/C14H14ClN3O4S2/c1-8(22-10-5-3-9(15)4-6-10)12(20)16-13-17-18-14(24-13)23-7-11(19)21-2/h3-6,8H,7H2,1-2H3,(H,16,17,20). The zero-order chi connectivity index (χ0) is 17.5. The van der Waals surface area contributed by atoms with Gasteiger partial charge in [0.15, 0.2) is 10.4 Å². The molecular weight excluding hydrogens is 374 g/mol. The van der Waals surface area contributed by atoms with Gasteiger partial charge < -0.3 is 9.47 Å². The van der Waals surface area contributed by atoms with E-state index >= 15 is 0 Å². The number of methoxy groups -OCH3 is 1. The fourth-order valence-electron chi connectivity index (χ4n) is 1.48. The van der Waals surface area contributed by atoms with Crippen LogP contribution in [-0.4, -0.2) is 41.0 Å². The van der Waals surface area contributed by atoms with Crippen LogP contribution in [0.15, 0.2) is 28.6 Å². The number of aromatic nitrogens is 2. The molecular formula is C14H14ClN3O4S2. The van der Waals surface area contributed by atoms with Crippen LogP contribution in [0.5, 0.6) is 5.75 Å². The van der Waals surface area contributed by atoms with Crippen LogP contribution in [-0.2, 0) is 14.3 Å². The van der Waals surface area contributed by atoms with E-state index in [1.807, 2.05) is 0 Å². The average molecular weight is 388 g/mol. The van der Waals surface area contributed by atoms with Gasteiger partial charge in [0.2, 0.25) is 5.13 Å².